The number of amides is 2. The van der Waals surface area contributed by atoms with Crippen LogP contribution in [0.2, 0.25) is 0 Å². The Balaban J connectivity index is 1.59. The van der Waals surface area contributed by atoms with Crippen molar-refractivity contribution in [3.05, 3.63) is 59.7 Å². The summed E-state index contributed by atoms with van der Waals surface area (Å²) < 4.78 is 5.18. The van der Waals surface area contributed by atoms with Crippen molar-refractivity contribution in [2.24, 2.45) is 0 Å². The van der Waals surface area contributed by atoms with E-state index >= 15 is 0 Å². The second-order valence-corrected chi connectivity index (χ2v) is 6.79. The van der Waals surface area contributed by atoms with Crippen LogP contribution in [0.4, 0.5) is 5.69 Å². The molecular weight excluding hydrogens is 340 g/mol. The molecule has 1 aliphatic heterocycles. The number of methoxy groups -OCH3 is 1. The summed E-state index contributed by atoms with van der Waals surface area (Å²) in [6.45, 7) is 2.83. The maximum Gasteiger partial charge on any atom is 0.227 e. The molecule has 5 nitrogen and oxygen atoms in total. The summed E-state index contributed by atoms with van der Waals surface area (Å²) >= 11 is 0. The molecule has 2 amide bonds. The second-order valence-electron chi connectivity index (χ2n) is 6.79. The molecule has 0 radical (unpaired) electrons. The maximum absolute atomic E-state index is 12.5. The third-order valence-electron chi connectivity index (χ3n) is 4.95. The lowest BCUT2D eigenvalue weighted by Crippen LogP contribution is -2.29. The van der Waals surface area contributed by atoms with Crippen LogP contribution in [0.5, 0.6) is 5.75 Å². The molecule has 1 saturated heterocycles. The maximum atomic E-state index is 12.5. The van der Waals surface area contributed by atoms with E-state index in [1.807, 2.05) is 48.5 Å². The van der Waals surface area contributed by atoms with Gasteiger partial charge in [0.25, 0.3) is 0 Å². The average Bonchev–Trinajstić information content (AvgIpc) is 3.13. The predicted octanol–water partition coefficient (Wildman–Crippen LogP) is 3.63. The first-order chi connectivity index (χ1) is 13.1. The molecule has 1 aliphatic rings. The first-order valence-electron chi connectivity index (χ1n) is 9.43. The van der Waals surface area contributed by atoms with E-state index in [1.54, 1.807) is 12.0 Å². The summed E-state index contributed by atoms with van der Waals surface area (Å²) in [6, 6.07) is 15.4. The van der Waals surface area contributed by atoms with Crippen molar-refractivity contribution in [3.63, 3.8) is 0 Å². The quantitative estimate of drug-likeness (QED) is 0.814. The topological polar surface area (TPSA) is 58.6 Å². The van der Waals surface area contributed by atoms with Gasteiger partial charge in [0.2, 0.25) is 11.8 Å². The second kappa shape index (κ2) is 8.71. The Morgan fingerprint density at radius 2 is 1.85 bits per heavy atom. The van der Waals surface area contributed by atoms with Gasteiger partial charge in [0.15, 0.2) is 0 Å². The van der Waals surface area contributed by atoms with Gasteiger partial charge in [-0.05, 0) is 48.2 Å². The van der Waals surface area contributed by atoms with Crippen LogP contribution in [0, 0.1) is 0 Å². The van der Waals surface area contributed by atoms with Gasteiger partial charge in [-0.1, -0.05) is 31.2 Å². The Morgan fingerprint density at radius 1 is 1.15 bits per heavy atom. The summed E-state index contributed by atoms with van der Waals surface area (Å²) in [5.41, 5.74) is 2.91. The third-order valence-corrected chi connectivity index (χ3v) is 4.95. The van der Waals surface area contributed by atoms with Gasteiger partial charge in [-0.25, -0.2) is 0 Å². The molecule has 27 heavy (non-hydrogen) atoms. The first kappa shape index (κ1) is 19.0. The fourth-order valence-electron chi connectivity index (χ4n) is 3.40. The van der Waals surface area contributed by atoms with Crippen LogP contribution < -0.4 is 15.0 Å². The van der Waals surface area contributed by atoms with Crippen molar-refractivity contribution in [1.82, 2.24) is 5.32 Å². The van der Waals surface area contributed by atoms with Gasteiger partial charge in [0, 0.05) is 18.7 Å². The summed E-state index contributed by atoms with van der Waals surface area (Å²) in [5.74, 6) is 0.963. The lowest BCUT2D eigenvalue weighted by atomic mass is 10.0. The zero-order chi connectivity index (χ0) is 19.2. The third kappa shape index (κ3) is 4.67. The number of nitrogens with one attached hydrogen (secondary N) is 1. The molecule has 1 heterocycles. The van der Waals surface area contributed by atoms with E-state index in [2.05, 4.69) is 12.2 Å². The van der Waals surface area contributed by atoms with E-state index in [1.165, 1.54) is 0 Å². The number of anilines is 1. The van der Waals surface area contributed by atoms with Crippen LogP contribution in [0.15, 0.2) is 48.5 Å². The Bertz CT molecular complexity index is 784. The minimum Gasteiger partial charge on any atom is -0.497 e. The van der Waals surface area contributed by atoms with Gasteiger partial charge >= 0.3 is 0 Å². The molecule has 0 spiro atoms. The normalized spacial score (nSPS) is 14.9. The number of benzene rings is 2. The molecule has 0 saturated carbocycles. The summed E-state index contributed by atoms with van der Waals surface area (Å²) in [6.07, 6.45) is 2.66. The highest BCUT2D eigenvalue weighted by Gasteiger charge is 2.21. The fourth-order valence-corrected chi connectivity index (χ4v) is 3.40. The Hall–Kier alpha value is -2.82. The van der Waals surface area contributed by atoms with Crippen molar-refractivity contribution >= 4 is 17.5 Å². The molecule has 1 atom stereocenters. The average molecular weight is 366 g/mol. The summed E-state index contributed by atoms with van der Waals surface area (Å²) in [4.78, 5) is 26.1. The number of hydrogen-bond donors (Lipinski definition) is 1. The van der Waals surface area contributed by atoms with Gasteiger partial charge in [-0.15, -0.1) is 0 Å². The van der Waals surface area contributed by atoms with Crippen molar-refractivity contribution < 1.29 is 14.3 Å². The minimum atomic E-state index is -0.0232. The summed E-state index contributed by atoms with van der Waals surface area (Å²) in [7, 11) is 1.64. The lowest BCUT2D eigenvalue weighted by molar-refractivity contribution is -0.121. The molecular formula is C22H26N2O3. The number of carbonyl (C=O) groups excluding carboxylic acids is 2. The van der Waals surface area contributed by atoms with Crippen LogP contribution in [-0.4, -0.2) is 25.5 Å². The van der Waals surface area contributed by atoms with E-state index < -0.39 is 0 Å². The van der Waals surface area contributed by atoms with Crippen molar-refractivity contribution in [1.29, 1.82) is 0 Å². The van der Waals surface area contributed by atoms with Crippen LogP contribution in [-0.2, 0) is 16.0 Å². The minimum absolute atomic E-state index is 0.0114. The standard InChI is InChI=1S/C22H26N2O3/c1-3-20(17-8-12-19(27-2)13-9-17)23-21(25)15-16-6-10-18(11-7-16)24-14-4-5-22(24)26/h6-13,20H,3-5,14-15H2,1-2H3,(H,23,25). The highest BCUT2D eigenvalue weighted by molar-refractivity contribution is 5.95. The van der Waals surface area contributed by atoms with Crippen molar-refractivity contribution in [2.75, 3.05) is 18.6 Å². The molecule has 0 bridgehead atoms. The number of rotatable bonds is 7. The molecule has 3 rings (SSSR count). The first-order valence-corrected chi connectivity index (χ1v) is 9.43. The van der Waals surface area contributed by atoms with E-state index in [-0.39, 0.29) is 17.9 Å². The molecule has 1 N–H and O–H groups in total. The Morgan fingerprint density at radius 3 is 2.41 bits per heavy atom. The van der Waals surface area contributed by atoms with Crippen LogP contribution in [0.3, 0.4) is 0 Å². The molecule has 0 aromatic heterocycles. The molecule has 1 fully saturated rings. The van der Waals surface area contributed by atoms with E-state index in [4.69, 9.17) is 4.74 Å². The van der Waals surface area contributed by atoms with E-state index in [0.29, 0.717) is 12.8 Å². The molecule has 1 unspecified atom stereocenters. The Kier molecular flexibility index (Phi) is 6.12. The smallest absolute Gasteiger partial charge is 0.227 e. The Labute approximate surface area is 160 Å². The highest BCUT2D eigenvalue weighted by Crippen LogP contribution is 2.23. The summed E-state index contributed by atoms with van der Waals surface area (Å²) in [5, 5.41) is 3.10. The zero-order valence-electron chi connectivity index (χ0n) is 15.9. The van der Waals surface area contributed by atoms with Crippen LogP contribution in [0.25, 0.3) is 0 Å². The van der Waals surface area contributed by atoms with Gasteiger partial charge in [0.05, 0.1) is 19.6 Å². The monoisotopic (exact) mass is 366 g/mol. The lowest BCUT2D eigenvalue weighted by Gasteiger charge is -2.18. The van der Waals surface area contributed by atoms with Crippen LogP contribution >= 0.6 is 0 Å². The molecule has 5 heteroatoms. The fraction of sp³-hybridized carbons (Fsp3) is 0.364. The largest absolute Gasteiger partial charge is 0.497 e. The van der Waals surface area contributed by atoms with Crippen LogP contribution in [0.1, 0.15) is 43.4 Å². The van der Waals surface area contributed by atoms with Crippen molar-refractivity contribution in [2.45, 2.75) is 38.6 Å². The van der Waals surface area contributed by atoms with Gasteiger partial charge in [-0.3, -0.25) is 9.59 Å². The van der Waals surface area contributed by atoms with Gasteiger partial charge < -0.3 is 15.0 Å². The number of nitrogens with zero attached hydrogens (tertiary/aromatic N) is 1. The number of carbonyl (C=O) groups is 2. The SMILES string of the molecule is CCC(NC(=O)Cc1ccc(N2CCCC2=O)cc1)c1ccc(OC)cc1. The number of ether oxygens (including phenoxy) is 1. The highest BCUT2D eigenvalue weighted by atomic mass is 16.5. The predicted molar refractivity (Wildman–Crippen MR) is 106 cm³/mol. The van der Waals surface area contributed by atoms with Crippen molar-refractivity contribution in [3.8, 4) is 5.75 Å². The number of hydrogen-bond acceptors (Lipinski definition) is 3. The van der Waals surface area contributed by atoms with Gasteiger partial charge in [-0.2, -0.15) is 0 Å². The molecule has 142 valence electrons. The van der Waals surface area contributed by atoms with E-state index in [9.17, 15) is 9.59 Å². The van der Waals surface area contributed by atoms with E-state index in [0.717, 1.165) is 42.0 Å². The zero-order valence-corrected chi connectivity index (χ0v) is 15.9. The molecule has 2 aromatic rings. The molecule has 0 aliphatic carbocycles. The van der Waals surface area contributed by atoms with Gasteiger partial charge in [0.1, 0.15) is 5.75 Å². The molecule has 2 aromatic carbocycles.